The van der Waals surface area contributed by atoms with Gasteiger partial charge in [-0.15, -0.1) is 11.3 Å². The molecule has 0 aliphatic carbocycles. The van der Waals surface area contributed by atoms with Crippen molar-refractivity contribution in [2.75, 3.05) is 0 Å². The minimum atomic E-state index is -0.884. The molecule has 0 radical (unpaired) electrons. The lowest BCUT2D eigenvalue weighted by atomic mass is 10.3. The van der Waals surface area contributed by atoms with Gasteiger partial charge in [0.25, 0.3) is 5.91 Å². The van der Waals surface area contributed by atoms with Crippen molar-refractivity contribution in [2.45, 2.75) is 19.6 Å². The Labute approximate surface area is 136 Å². The summed E-state index contributed by atoms with van der Waals surface area (Å²) in [5, 5.41) is 4.63. The van der Waals surface area contributed by atoms with E-state index in [-0.39, 0.29) is 12.5 Å². The number of thiophene rings is 1. The van der Waals surface area contributed by atoms with E-state index in [9.17, 15) is 9.59 Å². The number of nitrogens with zero attached hydrogens (tertiary/aromatic N) is 1. The van der Waals surface area contributed by atoms with Crippen LogP contribution in [0.1, 0.15) is 23.2 Å². The summed E-state index contributed by atoms with van der Waals surface area (Å²) >= 11 is 1.55. The molecule has 1 N–H and O–H groups in total. The lowest BCUT2D eigenvalue weighted by Crippen LogP contribution is -2.35. The molecule has 3 aromatic heterocycles. The highest BCUT2D eigenvalue weighted by Crippen LogP contribution is 2.24. The molecule has 23 heavy (non-hydrogen) atoms. The van der Waals surface area contributed by atoms with E-state index in [4.69, 9.17) is 9.15 Å². The van der Waals surface area contributed by atoms with Gasteiger partial charge in [-0.3, -0.25) is 4.79 Å². The van der Waals surface area contributed by atoms with Crippen molar-refractivity contribution < 1.29 is 18.7 Å². The number of esters is 1. The summed E-state index contributed by atoms with van der Waals surface area (Å²) in [5.74, 6) is -0.248. The minimum Gasteiger partial charge on any atom is -0.467 e. The number of hydrogen-bond donors (Lipinski definition) is 1. The third-order valence-corrected chi connectivity index (χ3v) is 4.40. The van der Waals surface area contributed by atoms with Gasteiger partial charge in [-0.2, -0.15) is 0 Å². The maximum Gasteiger partial charge on any atom is 0.355 e. The summed E-state index contributed by atoms with van der Waals surface area (Å²) in [6.45, 7) is 1.80. The number of fused-ring (bicyclic) bond motifs is 1. The van der Waals surface area contributed by atoms with Gasteiger partial charge in [-0.25, -0.2) is 4.79 Å². The molecule has 0 aromatic carbocycles. The van der Waals surface area contributed by atoms with Crippen molar-refractivity contribution >= 4 is 33.4 Å². The number of nitrogens with one attached hydrogen (secondary N) is 1. The molecule has 120 valence electrons. The second-order valence-corrected chi connectivity index (χ2v) is 6.05. The second-order valence-electron chi connectivity index (χ2n) is 5.10. The van der Waals surface area contributed by atoms with Gasteiger partial charge < -0.3 is 19.0 Å². The summed E-state index contributed by atoms with van der Waals surface area (Å²) in [6, 6.07) is 7.21. The molecule has 3 heterocycles. The second kappa shape index (κ2) is 6.29. The highest BCUT2D eigenvalue weighted by molar-refractivity contribution is 7.17. The van der Waals surface area contributed by atoms with Crippen LogP contribution in [0, 0.1) is 0 Å². The summed E-state index contributed by atoms with van der Waals surface area (Å²) < 4.78 is 13.2. The Morgan fingerprint density at radius 2 is 2.26 bits per heavy atom. The van der Waals surface area contributed by atoms with Crippen LogP contribution in [-0.4, -0.2) is 22.5 Å². The molecule has 0 saturated carbocycles. The van der Waals surface area contributed by atoms with Crippen molar-refractivity contribution in [2.24, 2.45) is 7.05 Å². The summed E-state index contributed by atoms with van der Waals surface area (Å²) in [6.07, 6.45) is 0.650. The van der Waals surface area contributed by atoms with Crippen molar-refractivity contribution in [1.29, 1.82) is 0 Å². The van der Waals surface area contributed by atoms with Gasteiger partial charge in [0.2, 0.25) is 0 Å². The van der Waals surface area contributed by atoms with Gasteiger partial charge >= 0.3 is 5.97 Å². The molecule has 0 aliphatic heterocycles. The van der Waals surface area contributed by atoms with Crippen LogP contribution in [0.4, 0.5) is 0 Å². The Kier molecular flexibility index (Phi) is 4.20. The number of aryl methyl sites for hydroxylation is 1. The molecule has 3 rings (SSSR count). The number of aromatic nitrogens is 1. The van der Waals surface area contributed by atoms with Gasteiger partial charge in [0.1, 0.15) is 11.5 Å². The highest BCUT2D eigenvalue weighted by atomic mass is 32.1. The summed E-state index contributed by atoms with van der Waals surface area (Å²) in [5.41, 5.74) is 1.40. The lowest BCUT2D eigenvalue weighted by molar-refractivity contribution is -0.129. The van der Waals surface area contributed by atoms with Crippen LogP contribution in [0.5, 0.6) is 0 Å². The van der Waals surface area contributed by atoms with Crippen LogP contribution in [0.2, 0.25) is 0 Å². The predicted molar refractivity (Wildman–Crippen MR) is 86.2 cm³/mol. The molecular formula is C16H16N2O4S. The number of carbonyl (C=O) groups is 2. The fourth-order valence-electron chi connectivity index (χ4n) is 2.25. The highest BCUT2D eigenvalue weighted by Gasteiger charge is 2.22. The zero-order valence-corrected chi connectivity index (χ0v) is 13.6. The molecule has 3 aromatic rings. The molecule has 0 aliphatic rings. The zero-order valence-electron chi connectivity index (χ0n) is 12.7. The molecule has 0 unspecified atom stereocenters. The third-order valence-electron chi connectivity index (χ3n) is 3.54. The van der Waals surface area contributed by atoms with Gasteiger partial charge in [0.05, 0.1) is 23.0 Å². The normalized spacial score (nSPS) is 12.3. The first-order chi connectivity index (χ1) is 11.1. The molecular weight excluding hydrogens is 316 g/mol. The topological polar surface area (TPSA) is 73.5 Å². The average Bonchev–Trinajstić information content (AvgIpc) is 3.23. The number of carbonyl (C=O) groups excluding carboxylic acids is 2. The first kappa shape index (κ1) is 15.4. The van der Waals surface area contributed by atoms with Crippen molar-refractivity contribution in [3.8, 4) is 0 Å². The van der Waals surface area contributed by atoms with E-state index in [1.807, 2.05) is 11.4 Å². The molecule has 1 atom stereocenters. The van der Waals surface area contributed by atoms with E-state index >= 15 is 0 Å². The summed E-state index contributed by atoms with van der Waals surface area (Å²) in [4.78, 5) is 24.2. The first-order valence-corrected chi connectivity index (χ1v) is 7.98. The molecule has 0 fully saturated rings. The smallest absolute Gasteiger partial charge is 0.355 e. The largest absolute Gasteiger partial charge is 0.467 e. The number of ether oxygens (including phenoxy) is 1. The Balaban J connectivity index is 1.61. The number of hydrogen-bond acceptors (Lipinski definition) is 5. The van der Waals surface area contributed by atoms with E-state index in [0.29, 0.717) is 11.5 Å². The minimum absolute atomic E-state index is 0.258. The molecule has 0 bridgehead atoms. The van der Waals surface area contributed by atoms with Crippen LogP contribution in [0.25, 0.3) is 10.2 Å². The fraction of sp³-hybridized carbons (Fsp3) is 0.250. The van der Waals surface area contributed by atoms with Gasteiger partial charge in [0, 0.05) is 7.05 Å². The van der Waals surface area contributed by atoms with Gasteiger partial charge in [0.15, 0.2) is 6.10 Å². The predicted octanol–water partition coefficient (Wildman–Crippen LogP) is 2.69. The van der Waals surface area contributed by atoms with Crippen LogP contribution in [-0.2, 0) is 23.1 Å². The zero-order chi connectivity index (χ0) is 16.4. The Morgan fingerprint density at radius 3 is 2.96 bits per heavy atom. The van der Waals surface area contributed by atoms with Crippen LogP contribution < -0.4 is 5.32 Å². The monoisotopic (exact) mass is 332 g/mol. The van der Waals surface area contributed by atoms with Crippen LogP contribution in [0.3, 0.4) is 0 Å². The maximum atomic E-state index is 12.2. The first-order valence-electron chi connectivity index (χ1n) is 7.10. The average molecular weight is 332 g/mol. The van der Waals surface area contributed by atoms with Gasteiger partial charge in [-0.05, 0) is 36.6 Å². The van der Waals surface area contributed by atoms with E-state index in [0.717, 1.165) is 10.2 Å². The number of amides is 1. The quantitative estimate of drug-likeness (QED) is 0.729. The van der Waals surface area contributed by atoms with Crippen molar-refractivity contribution in [3.63, 3.8) is 0 Å². The van der Waals surface area contributed by atoms with Crippen molar-refractivity contribution in [1.82, 2.24) is 9.88 Å². The van der Waals surface area contributed by atoms with E-state index < -0.39 is 12.1 Å². The Hall–Kier alpha value is -2.54. The van der Waals surface area contributed by atoms with Crippen molar-refractivity contribution in [3.05, 3.63) is 47.4 Å². The van der Waals surface area contributed by atoms with E-state index in [1.54, 1.807) is 48.1 Å². The number of rotatable bonds is 5. The SMILES string of the molecule is C[C@@H](OC(=O)c1cc2sccc2n1C)C(=O)NCc1ccco1. The fourth-order valence-corrected chi connectivity index (χ4v) is 3.10. The van der Waals surface area contributed by atoms with Crippen LogP contribution >= 0.6 is 11.3 Å². The number of furan rings is 1. The van der Waals surface area contributed by atoms with Crippen LogP contribution in [0.15, 0.2) is 40.3 Å². The van der Waals surface area contributed by atoms with E-state index in [1.165, 1.54) is 6.26 Å². The molecule has 6 nitrogen and oxygen atoms in total. The Morgan fingerprint density at radius 1 is 1.43 bits per heavy atom. The van der Waals surface area contributed by atoms with E-state index in [2.05, 4.69) is 5.32 Å². The molecule has 0 spiro atoms. The molecule has 7 heteroatoms. The maximum absolute atomic E-state index is 12.2. The summed E-state index contributed by atoms with van der Waals surface area (Å²) in [7, 11) is 1.80. The Bertz CT molecular complexity index is 832. The lowest BCUT2D eigenvalue weighted by Gasteiger charge is -2.13. The molecule has 0 saturated heterocycles. The molecule has 1 amide bonds. The van der Waals surface area contributed by atoms with Gasteiger partial charge in [-0.1, -0.05) is 0 Å². The third kappa shape index (κ3) is 3.14. The standard InChI is InChI=1S/C16H16N2O4S/c1-10(15(19)17-9-11-4-3-6-21-11)22-16(20)13-8-14-12(18(13)2)5-7-23-14/h3-8,10H,9H2,1-2H3,(H,17,19)/t10-/m1/s1.